The summed E-state index contributed by atoms with van der Waals surface area (Å²) < 4.78 is 0. The summed E-state index contributed by atoms with van der Waals surface area (Å²) in [4.78, 5) is 15.5. The standard InChI is InChI=1S/C11H9ClN2O2S/c12-4-6-17-11-2-1-10(14(15)16)8-3-5-13-7-9(8)11/h1-3,5,7H,4,6H2. The van der Waals surface area contributed by atoms with E-state index in [2.05, 4.69) is 4.98 Å². The molecule has 0 amide bonds. The number of nitrogens with zero attached hydrogens (tertiary/aromatic N) is 2. The zero-order valence-corrected chi connectivity index (χ0v) is 10.4. The van der Waals surface area contributed by atoms with Crippen molar-refractivity contribution in [2.24, 2.45) is 0 Å². The smallest absolute Gasteiger partial charge is 0.264 e. The number of halogens is 1. The van der Waals surface area contributed by atoms with Gasteiger partial charge in [-0.05, 0) is 12.1 Å². The van der Waals surface area contributed by atoms with E-state index < -0.39 is 0 Å². The normalized spacial score (nSPS) is 10.6. The summed E-state index contributed by atoms with van der Waals surface area (Å²) in [5.41, 5.74) is 0.109. The minimum absolute atomic E-state index is 0.109. The fourth-order valence-electron chi connectivity index (χ4n) is 1.58. The van der Waals surface area contributed by atoms with E-state index in [4.69, 9.17) is 11.6 Å². The van der Waals surface area contributed by atoms with Gasteiger partial charge in [0, 0.05) is 40.4 Å². The maximum absolute atomic E-state index is 10.9. The Kier molecular flexibility index (Phi) is 3.81. The number of thioether (sulfide) groups is 1. The number of pyridine rings is 1. The highest BCUT2D eigenvalue weighted by molar-refractivity contribution is 7.99. The number of rotatable bonds is 4. The lowest BCUT2D eigenvalue weighted by Crippen LogP contribution is -1.91. The van der Waals surface area contributed by atoms with E-state index in [0.29, 0.717) is 11.3 Å². The molecule has 2 aromatic rings. The number of hydrogen-bond donors (Lipinski definition) is 0. The van der Waals surface area contributed by atoms with Crippen LogP contribution in [0.4, 0.5) is 5.69 Å². The highest BCUT2D eigenvalue weighted by Crippen LogP contribution is 2.33. The molecule has 4 nitrogen and oxygen atoms in total. The van der Waals surface area contributed by atoms with Gasteiger partial charge in [-0.25, -0.2) is 0 Å². The maximum atomic E-state index is 10.9. The van der Waals surface area contributed by atoms with E-state index in [-0.39, 0.29) is 10.6 Å². The van der Waals surface area contributed by atoms with E-state index in [0.717, 1.165) is 16.0 Å². The summed E-state index contributed by atoms with van der Waals surface area (Å²) in [6.45, 7) is 0. The fourth-order valence-corrected chi connectivity index (χ4v) is 2.59. The summed E-state index contributed by atoms with van der Waals surface area (Å²) in [6.07, 6.45) is 3.21. The van der Waals surface area contributed by atoms with Gasteiger partial charge in [0.15, 0.2) is 0 Å². The third kappa shape index (κ3) is 2.50. The number of nitro benzene ring substituents is 1. The number of nitro groups is 1. The van der Waals surface area contributed by atoms with Crippen LogP contribution in [0.25, 0.3) is 10.8 Å². The van der Waals surface area contributed by atoms with Crippen LogP contribution in [0.15, 0.2) is 35.5 Å². The van der Waals surface area contributed by atoms with Gasteiger partial charge < -0.3 is 0 Å². The summed E-state index contributed by atoms with van der Waals surface area (Å²) in [5, 5.41) is 12.3. The number of fused-ring (bicyclic) bond motifs is 1. The van der Waals surface area contributed by atoms with Crippen molar-refractivity contribution in [2.45, 2.75) is 4.90 Å². The largest absolute Gasteiger partial charge is 0.277 e. The highest BCUT2D eigenvalue weighted by atomic mass is 35.5. The Morgan fingerprint density at radius 2 is 2.18 bits per heavy atom. The van der Waals surface area contributed by atoms with Gasteiger partial charge in [-0.15, -0.1) is 23.4 Å². The van der Waals surface area contributed by atoms with Gasteiger partial charge in [0.1, 0.15) is 0 Å². The van der Waals surface area contributed by atoms with Crippen molar-refractivity contribution in [3.8, 4) is 0 Å². The molecular weight excluding hydrogens is 260 g/mol. The van der Waals surface area contributed by atoms with E-state index in [9.17, 15) is 10.1 Å². The van der Waals surface area contributed by atoms with Gasteiger partial charge >= 0.3 is 0 Å². The van der Waals surface area contributed by atoms with Crippen LogP contribution in [0.3, 0.4) is 0 Å². The van der Waals surface area contributed by atoms with Gasteiger partial charge in [0.2, 0.25) is 0 Å². The lowest BCUT2D eigenvalue weighted by atomic mass is 10.1. The van der Waals surface area contributed by atoms with Gasteiger partial charge in [0.25, 0.3) is 5.69 Å². The third-order valence-corrected chi connectivity index (χ3v) is 3.77. The molecule has 0 fully saturated rings. The molecule has 6 heteroatoms. The van der Waals surface area contributed by atoms with E-state index in [1.807, 2.05) is 0 Å². The first-order valence-electron chi connectivity index (χ1n) is 4.94. The Hall–Kier alpha value is -1.33. The summed E-state index contributed by atoms with van der Waals surface area (Å²) in [7, 11) is 0. The molecule has 0 spiro atoms. The molecule has 0 saturated carbocycles. The molecule has 1 aromatic carbocycles. The molecule has 2 rings (SSSR count). The average molecular weight is 269 g/mol. The van der Waals surface area contributed by atoms with E-state index in [1.165, 1.54) is 6.07 Å². The van der Waals surface area contributed by atoms with Crippen LogP contribution in [-0.2, 0) is 0 Å². The highest BCUT2D eigenvalue weighted by Gasteiger charge is 2.13. The van der Waals surface area contributed by atoms with Crippen LogP contribution < -0.4 is 0 Å². The number of aromatic nitrogens is 1. The topological polar surface area (TPSA) is 56.0 Å². The lowest BCUT2D eigenvalue weighted by molar-refractivity contribution is -0.383. The van der Waals surface area contributed by atoms with Crippen molar-refractivity contribution in [3.63, 3.8) is 0 Å². The summed E-state index contributed by atoms with van der Waals surface area (Å²) >= 11 is 7.22. The first kappa shape index (κ1) is 12.1. The first-order chi connectivity index (χ1) is 8.24. The van der Waals surface area contributed by atoms with E-state index in [1.54, 1.807) is 36.3 Å². The Bertz CT molecular complexity index is 562. The molecule has 0 radical (unpaired) electrons. The Labute approximate surface area is 107 Å². The van der Waals surface area contributed by atoms with E-state index >= 15 is 0 Å². The maximum Gasteiger partial charge on any atom is 0.277 e. The lowest BCUT2D eigenvalue weighted by Gasteiger charge is -2.05. The molecule has 0 atom stereocenters. The van der Waals surface area contributed by atoms with Crippen LogP contribution in [0.2, 0.25) is 0 Å². The second-order valence-electron chi connectivity index (χ2n) is 3.30. The zero-order chi connectivity index (χ0) is 12.3. The molecule has 1 aromatic heterocycles. The molecule has 0 bridgehead atoms. The Balaban J connectivity index is 2.58. The van der Waals surface area contributed by atoms with Crippen molar-refractivity contribution in [1.29, 1.82) is 0 Å². The van der Waals surface area contributed by atoms with Crippen LogP contribution >= 0.6 is 23.4 Å². The fraction of sp³-hybridized carbons (Fsp3) is 0.182. The number of benzene rings is 1. The van der Waals surface area contributed by atoms with Crippen LogP contribution in [0.1, 0.15) is 0 Å². The molecule has 0 unspecified atom stereocenters. The second kappa shape index (κ2) is 5.33. The molecule has 0 N–H and O–H groups in total. The van der Waals surface area contributed by atoms with Crippen molar-refractivity contribution in [1.82, 2.24) is 4.98 Å². The van der Waals surface area contributed by atoms with Crippen LogP contribution in [-0.4, -0.2) is 21.5 Å². The third-order valence-electron chi connectivity index (χ3n) is 2.29. The molecule has 17 heavy (non-hydrogen) atoms. The number of alkyl halides is 1. The van der Waals surface area contributed by atoms with Crippen molar-refractivity contribution >= 4 is 39.8 Å². The molecule has 1 heterocycles. The number of non-ortho nitro benzene ring substituents is 1. The molecule has 88 valence electrons. The first-order valence-corrected chi connectivity index (χ1v) is 6.46. The summed E-state index contributed by atoms with van der Waals surface area (Å²) in [5.74, 6) is 1.31. The zero-order valence-electron chi connectivity index (χ0n) is 8.80. The Morgan fingerprint density at radius 3 is 2.88 bits per heavy atom. The van der Waals surface area contributed by atoms with Crippen molar-refractivity contribution in [3.05, 3.63) is 40.7 Å². The minimum atomic E-state index is -0.377. The quantitative estimate of drug-likeness (QED) is 0.369. The van der Waals surface area contributed by atoms with Crippen molar-refractivity contribution in [2.75, 3.05) is 11.6 Å². The Morgan fingerprint density at radius 1 is 1.35 bits per heavy atom. The van der Waals surface area contributed by atoms with Gasteiger partial charge in [-0.2, -0.15) is 0 Å². The second-order valence-corrected chi connectivity index (χ2v) is 4.81. The average Bonchev–Trinajstić information content (AvgIpc) is 2.35. The monoisotopic (exact) mass is 268 g/mol. The predicted octanol–water partition coefficient (Wildman–Crippen LogP) is 3.47. The molecule has 0 aliphatic heterocycles. The summed E-state index contributed by atoms with van der Waals surface area (Å²) in [6, 6.07) is 4.94. The van der Waals surface area contributed by atoms with Crippen LogP contribution in [0, 0.1) is 10.1 Å². The van der Waals surface area contributed by atoms with Gasteiger partial charge in [-0.3, -0.25) is 15.1 Å². The molecule has 0 aliphatic carbocycles. The predicted molar refractivity (Wildman–Crippen MR) is 69.8 cm³/mol. The molecular formula is C11H9ClN2O2S. The minimum Gasteiger partial charge on any atom is -0.264 e. The van der Waals surface area contributed by atoms with Crippen LogP contribution in [0.5, 0.6) is 0 Å². The molecule has 0 aliphatic rings. The molecule has 0 saturated heterocycles. The van der Waals surface area contributed by atoms with Gasteiger partial charge in [0.05, 0.1) is 10.3 Å². The SMILES string of the molecule is O=[N+]([O-])c1ccc(SCCCl)c2cnccc12. The van der Waals surface area contributed by atoms with Gasteiger partial charge in [-0.1, -0.05) is 0 Å². The number of hydrogen-bond acceptors (Lipinski definition) is 4. The van der Waals surface area contributed by atoms with Crippen molar-refractivity contribution < 1.29 is 4.92 Å².